The first-order chi connectivity index (χ1) is 8.88. The molecule has 0 unspecified atom stereocenters. The van der Waals surface area contributed by atoms with Crippen molar-refractivity contribution in [3.05, 3.63) is 23.7 Å². The molecule has 1 aliphatic rings. The average molecular weight is 269 g/mol. The lowest BCUT2D eigenvalue weighted by Crippen LogP contribution is -2.21. The number of thioether (sulfide) groups is 1. The Bertz CT molecular complexity index is 334. The molecule has 0 aliphatic heterocycles. The third-order valence-corrected chi connectivity index (χ3v) is 3.81. The fourth-order valence-corrected chi connectivity index (χ4v) is 2.74. The van der Waals surface area contributed by atoms with Crippen LogP contribution in [0.25, 0.3) is 0 Å². The highest BCUT2D eigenvalue weighted by Crippen LogP contribution is 2.20. The van der Waals surface area contributed by atoms with Gasteiger partial charge in [-0.25, -0.2) is 0 Å². The smallest absolute Gasteiger partial charge is 0.118 e. The molecule has 4 heteroatoms. The fourth-order valence-electron chi connectivity index (χ4n) is 2.30. The lowest BCUT2D eigenvalue weighted by Gasteiger charge is -2.10. The van der Waals surface area contributed by atoms with Crippen LogP contribution in [0.3, 0.4) is 0 Å². The number of rotatable bonds is 8. The zero-order valence-electron chi connectivity index (χ0n) is 11.1. The van der Waals surface area contributed by atoms with E-state index < -0.39 is 0 Å². The summed E-state index contributed by atoms with van der Waals surface area (Å²) in [7, 11) is 0. The molecule has 1 N–H and O–H groups in total. The van der Waals surface area contributed by atoms with Gasteiger partial charge in [-0.05, 0) is 31.2 Å². The number of nitrogens with one attached hydrogen (secondary N) is 1. The highest BCUT2D eigenvalue weighted by molar-refractivity contribution is 7.97. The van der Waals surface area contributed by atoms with Gasteiger partial charge in [0, 0.05) is 6.54 Å². The van der Waals surface area contributed by atoms with E-state index in [9.17, 15) is 0 Å². The zero-order chi connectivity index (χ0) is 12.6. The number of ether oxygens (including phenoxy) is 1. The number of hydrogen-bond acceptors (Lipinski definition) is 4. The molecule has 1 aliphatic carbocycles. The molecule has 0 amide bonds. The third-order valence-electron chi connectivity index (χ3n) is 3.24. The molecular weight excluding hydrogens is 246 g/mol. The van der Waals surface area contributed by atoms with Crippen LogP contribution in [0.15, 0.2) is 16.5 Å². The predicted molar refractivity (Wildman–Crippen MR) is 75.8 cm³/mol. The van der Waals surface area contributed by atoms with Gasteiger partial charge < -0.3 is 14.5 Å². The Morgan fingerprint density at radius 3 is 2.89 bits per heavy atom. The lowest BCUT2D eigenvalue weighted by atomic mass is 10.3. The van der Waals surface area contributed by atoms with E-state index in [1.54, 1.807) is 11.8 Å². The first kappa shape index (κ1) is 14.0. The lowest BCUT2D eigenvalue weighted by molar-refractivity contribution is 0.0601. The van der Waals surface area contributed by atoms with Gasteiger partial charge in [0.1, 0.15) is 11.5 Å². The topological polar surface area (TPSA) is 34.4 Å². The molecule has 0 spiro atoms. The van der Waals surface area contributed by atoms with E-state index in [0.717, 1.165) is 37.0 Å². The highest BCUT2D eigenvalue weighted by Gasteiger charge is 2.14. The van der Waals surface area contributed by atoms with Gasteiger partial charge >= 0.3 is 0 Å². The van der Waals surface area contributed by atoms with Crippen LogP contribution in [0.4, 0.5) is 0 Å². The molecule has 3 nitrogen and oxygen atoms in total. The second kappa shape index (κ2) is 7.87. The summed E-state index contributed by atoms with van der Waals surface area (Å²) in [5.74, 6) is 3.02. The maximum atomic E-state index is 5.79. The van der Waals surface area contributed by atoms with Gasteiger partial charge in [0.2, 0.25) is 0 Å². The Kier molecular flexibility index (Phi) is 6.11. The van der Waals surface area contributed by atoms with Gasteiger partial charge in [-0.15, -0.1) is 0 Å². The molecule has 0 atom stereocenters. The minimum Gasteiger partial charge on any atom is -0.464 e. The zero-order valence-corrected chi connectivity index (χ0v) is 11.9. The van der Waals surface area contributed by atoms with Crippen molar-refractivity contribution in [2.24, 2.45) is 0 Å². The van der Waals surface area contributed by atoms with Crippen LogP contribution in [0.5, 0.6) is 0 Å². The van der Waals surface area contributed by atoms with E-state index in [0.29, 0.717) is 6.10 Å². The SMILES string of the molecule is CSCc1ccc(CNCCOC2CCCC2)o1. The van der Waals surface area contributed by atoms with Crippen molar-refractivity contribution < 1.29 is 9.15 Å². The summed E-state index contributed by atoms with van der Waals surface area (Å²) < 4.78 is 11.5. The van der Waals surface area contributed by atoms with Gasteiger partial charge in [-0.1, -0.05) is 12.8 Å². The molecule has 0 aromatic carbocycles. The van der Waals surface area contributed by atoms with Crippen LogP contribution in [0.2, 0.25) is 0 Å². The van der Waals surface area contributed by atoms with Gasteiger partial charge in [-0.3, -0.25) is 0 Å². The van der Waals surface area contributed by atoms with E-state index in [1.165, 1.54) is 25.7 Å². The normalized spacial score (nSPS) is 16.5. The molecular formula is C14H23NO2S. The second-order valence-corrected chi connectivity index (χ2v) is 5.62. The van der Waals surface area contributed by atoms with E-state index in [-0.39, 0.29) is 0 Å². The Labute approximate surface area is 114 Å². The number of furan rings is 1. The van der Waals surface area contributed by atoms with Crippen molar-refractivity contribution in [1.82, 2.24) is 5.32 Å². The summed E-state index contributed by atoms with van der Waals surface area (Å²) in [5.41, 5.74) is 0. The molecule has 2 rings (SSSR count). The van der Waals surface area contributed by atoms with E-state index in [2.05, 4.69) is 23.7 Å². The van der Waals surface area contributed by atoms with Crippen LogP contribution >= 0.6 is 11.8 Å². The predicted octanol–water partition coefficient (Wildman–Crippen LogP) is 3.19. The van der Waals surface area contributed by atoms with Crippen LogP contribution in [-0.4, -0.2) is 25.5 Å². The van der Waals surface area contributed by atoms with Crippen LogP contribution in [0, 0.1) is 0 Å². The number of hydrogen-bond donors (Lipinski definition) is 1. The molecule has 1 aromatic rings. The van der Waals surface area contributed by atoms with Crippen LogP contribution < -0.4 is 5.32 Å². The molecule has 1 fully saturated rings. The Morgan fingerprint density at radius 1 is 1.33 bits per heavy atom. The molecule has 1 saturated carbocycles. The van der Waals surface area contributed by atoms with Crippen LogP contribution in [-0.2, 0) is 17.0 Å². The maximum Gasteiger partial charge on any atom is 0.118 e. The molecule has 102 valence electrons. The summed E-state index contributed by atoms with van der Waals surface area (Å²) in [6, 6.07) is 4.11. The molecule has 18 heavy (non-hydrogen) atoms. The van der Waals surface area contributed by atoms with E-state index in [1.807, 2.05) is 0 Å². The van der Waals surface area contributed by atoms with Crippen molar-refractivity contribution in [1.29, 1.82) is 0 Å². The average Bonchev–Trinajstić information content (AvgIpc) is 3.01. The monoisotopic (exact) mass is 269 g/mol. The molecule has 0 radical (unpaired) electrons. The van der Waals surface area contributed by atoms with Crippen molar-refractivity contribution in [2.75, 3.05) is 19.4 Å². The van der Waals surface area contributed by atoms with Gasteiger partial charge in [-0.2, -0.15) is 11.8 Å². The van der Waals surface area contributed by atoms with Gasteiger partial charge in [0.15, 0.2) is 0 Å². The second-order valence-electron chi connectivity index (χ2n) is 4.76. The van der Waals surface area contributed by atoms with Gasteiger partial charge in [0.05, 0.1) is 25.0 Å². The maximum absolute atomic E-state index is 5.79. The fraction of sp³-hybridized carbons (Fsp3) is 0.714. The van der Waals surface area contributed by atoms with E-state index >= 15 is 0 Å². The minimum absolute atomic E-state index is 0.517. The molecule has 0 saturated heterocycles. The first-order valence-electron chi connectivity index (χ1n) is 6.77. The Balaban J connectivity index is 1.54. The Hall–Kier alpha value is -0.450. The standard InChI is InChI=1S/C14H23NO2S/c1-18-11-14-7-6-13(17-14)10-15-8-9-16-12-4-2-3-5-12/h6-7,12,15H,2-5,8-11H2,1H3. The van der Waals surface area contributed by atoms with Crippen molar-refractivity contribution in [2.45, 2.75) is 44.1 Å². The summed E-state index contributed by atoms with van der Waals surface area (Å²) in [6.07, 6.45) is 7.77. The highest BCUT2D eigenvalue weighted by atomic mass is 32.2. The summed E-state index contributed by atoms with van der Waals surface area (Å²) >= 11 is 1.78. The molecule has 0 bridgehead atoms. The summed E-state index contributed by atoms with van der Waals surface area (Å²) in [6.45, 7) is 2.50. The molecule has 1 heterocycles. The minimum atomic E-state index is 0.517. The van der Waals surface area contributed by atoms with Crippen molar-refractivity contribution >= 4 is 11.8 Å². The molecule has 1 aromatic heterocycles. The van der Waals surface area contributed by atoms with Crippen molar-refractivity contribution in [3.63, 3.8) is 0 Å². The largest absolute Gasteiger partial charge is 0.464 e. The van der Waals surface area contributed by atoms with E-state index in [4.69, 9.17) is 9.15 Å². The quantitative estimate of drug-likeness (QED) is 0.735. The first-order valence-corrected chi connectivity index (χ1v) is 8.16. The summed E-state index contributed by atoms with van der Waals surface area (Å²) in [4.78, 5) is 0. The van der Waals surface area contributed by atoms with Crippen LogP contribution in [0.1, 0.15) is 37.2 Å². The third kappa shape index (κ3) is 4.67. The van der Waals surface area contributed by atoms with Crippen molar-refractivity contribution in [3.8, 4) is 0 Å². The van der Waals surface area contributed by atoms with Gasteiger partial charge in [0.25, 0.3) is 0 Å². The Morgan fingerprint density at radius 2 is 2.11 bits per heavy atom. The summed E-state index contributed by atoms with van der Waals surface area (Å²) in [5, 5.41) is 3.36.